The molecular formula is C20H23NaO8. The first-order chi connectivity index (χ1) is 13.3. The molecule has 0 saturated heterocycles. The first-order valence-corrected chi connectivity index (χ1v) is 8.31. The molecule has 0 aliphatic rings. The molecule has 0 spiro atoms. The molecule has 8 nitrogen and oxygen atoms in total. The zero-order chi connectivity index (χ0) is 21.1. The molecule has 0 saturated carbocycles. The second-order valence-corrected chi connectivity index (χ2v) is 5.85. The van der Waals surface area contributed by atoms with Crippen molar-refractivity contribution in [2.45, 2.75) is 25.0 Å². The fraction of sp³-hybridized carbons (Fsp3) is 0.300. The van der Waals surface area contributed by atoms with Crippen LogP contribution in [0.5, 0.6) is 11.5 Å². The smallest absolute Gasteiger partial charge is 0.547 e. The van der Waals surface area contributed by atoms with Gasteiger partial charge in [0.05, 0.1) is 5.97 Å². The molecule has 0 bridgehead atoms. The van der Waals surface area contributed by atoms with Gasteiger partial charge in [-0.1, -0.05) is 24.3 Å². The normalized spacial score (nSPS) is 11.9. The Morgan fingerprint density at radius 1 is 0.828 bits per heavy atom. The molecule has 29 heavy (non-hydrogen) atoms. The van der Waals surface area contributed by atoms with Gasteiger partial charge in [0.1, 0.15) is 17.6 Å². The Balaban J connectivity index is 0.000000523. The van der Waals surface area contributed by atoms with E-state index in [1.807, 2.05) is 0 Å². The molecule has 3 N–H and O–H groups in total. The Kier molecular flexibility index (Phi) is 13.0. The molecule has 2 aromatic carbocycles. The minimum absolute atomic E-state index is 0. The van der Waals surface area contributed by atoms with Crippen LogP contribution in [-0.4, -0.2) is 53.7 Å². The van der Waals surface area contributed by atoms with E-state index in [0.29, 0.717) is 6.42 Å². The summed E-state index contributed by atoms with van der Waals surface area (Å²) < 4.78 is 9.51. The van der Waals surface area contributed by atoms with Crippen LogP contribution in [0.3, 0.4) is 0 Å². The van der Waals surface area contributed by atoms with Crippen molar-refractivity contribution >= 4 is 11.9 Å². The average molecular weight is 414 g/mol. The number of aliphatic carboxylic acids is 2. The maximum Gasteiger partial charge on any atom is 1.00 e. The number of carboxylic acids is 2. The van der Waals surface area contributed by atoms with Gasteiger partial charge in [-0.2, -0.15) is 0 Å². The SMILES string of the molecule is COC(Cc1ccc(O)cc1)C(=O)O.COC(Cc1ccc(O)cc1)C(=O)[O-].[Na+]. The second-order valence-electron chi connectivity index (χ2n) is 5.85. The molecule has 0 aromatic heterocycles. The molecule has 2 atom stereocenters. The van der Waals surface area contributed by atoms with Crippen LogP contribution < -0.4 is 34.7 Å². The molecular weight excluding hydrogens is 391 g/mol. The number of phenolic OH excluding ortho intramolecular Hbond substituents is 2. The molecule has 0 amide bonds. The van der Waals surface area contributed by atoms with Gasteiger partial charge in [0, 0.05) is 27.1 Å². The van der Waals surface area contributed by atoms with Crippen molar-refractivity contribution < 1.29 is 69.0 Å². The first-order valence-electron chi connectivity index (χ1n) is 8.31. The summed E-state index contributed by atoms with van der Waals surface area (Å²) in [5.41, 5.74) is 1.59. The van der Waals surface area contributed by atoms with Crippen molar-refractivity contribution in [2.75, 3.05) is 14.2 Å². The molecule has 152 valence electrons. The van der Waals surface area contributed by atoms with Gasteiger partial charge in [0.25, 0.3) is 0 Å². The number of hydrogen-bond donors (Lipinski definition) is 3. The summed E-state index contributed by atoms with van der Waals surface area (Å²) in [6, 6.07) is 12.7. The van der Waals surface area contributed by atoms with Crippen LogP contribution in [0, 0.1) is 0 Å². The molecule has 9 heteroatoms. The van der Waals surface area contributed by atoms with Gasteiger partial charge in [0.2, 0.25) is 0 Å². The quantitative estimate of drug-likeness (QED) is 0.412. The van der Waals surface area contributed by atoms with Crippen LogP contribution in [0.2, 0.25) is 0 Å². The van der Waals surface area contributed by atoms with Crippen molar-refractivity contribution in [3.8, 4) is 11.5 Å². The largest absolute Gasteiger partial charge is 1.00 e. The van der Waals surface area contributed by atoms with Crippen molar-refractivity contribution in [1.29, 1.82) is 0 Å². The van der Waals surface area contributed by atoms with Gasteiger partial charge < -0.3 is 34.7 Å². The van der Waals surface area contributed by atoms with Gasteiger partial charge in [-0.25, -0.2) is 4.79 Å². The van der Waals surface area contributed by atoms with Crippen molar-refractivity contribution in [2.24, 2.45) is 0 Å². The van der Waals surface area contributed by atoms with Crippen molar-refractivity contribution in [3.63, 3.8) is 0 Å². The third-order valence-corrected chi connectivity index (χ3v) is 3.82. The van der Waals surface area contributed by atoms with Gasteiger partial charge >= 0.3 is 35.5 Å². The third kappa shape index (κ3) is 10.3. The third-order valence-electron chi connectivity index (χ3n) is 3.82. The van der Waals surface area contributed by atoms with Crippen LogP contribution in [-0.2, 0) is 31.9 Å². The number of rotatable bonds is 8. The minimum atomic E-state index is -1.24. The van der Waals surface area contributed by atoms with Gasteiger partial charge in [-0.15, -0.1) is 0 Å². The summed E-state index contributed by atoms with van der Waals surface area (Å²) in [7, 11) is 2.68. The first kappa shape index (κ1) is 26.9. The summed E-state index contributed by atoms with van der Waals surface area (Å²) in [4.78, 5) is 21.1. The monoisotopic (exact) mass is 414 g/mol. The Labute approximate surface area is 191 Å². The summed E-state index contributed by atoms with van der Waals surface area (Å²) >= 11 is 0. The summed E-state index contributed by atoms with van der Waals surface area (Å²) in [6.45, 7) is 0. The number of carbonyl (C=O) groups excluding carboxylic acids is 1. The van der Waals surface area contributed by atoms with Gasteiger partial charge in [-0.05, 0) is 35.4 Å². The van der Waals surface area contributed by atoms with E-state index in [0.717, 1.165) is 11.1 Å². The maximum atomic E-state index is 10.6. The van der Waals surface area contributed by atoms with Crippen molar-refractivity contribution in [3.05, 3.63) is 59.7 Å². The standard InChI is InChI=1S/2C10H12O4.Na/c2*1-14-9(10(12)13)6-7-2-4-8(11)5-3-7;/h2*2-5,9,11H,6H2,1H3,(H,12,13);/q;;+1/p-1. The predicted octanol–water partition coefficient (Wildman–Crippen LogP) is -2.26. The zero-order valence-electron chi connectivity index (χ0n) is 16.6. The van der Waals surface area contributed by atoms with Crippen LogP contribution in [0.1, 0.15) is 11.1 Å². The number of phenols is 2. The molecule has 2 unspecified atom stereocenters. The Hall–Kier alpha value is -2.10. The number of benzene rings is 2. The van der Waals surface area contributed by atoms with Gasteiger partial charge in [0.15, 0.2) is 6.10 Å². The van der Waals surface area contributed by atoms with Gasteiger partial charge in [-0.3, -0.25) is 0 Å². The summed E-state index contributed by atoms with van der Waals surface area (Å²) in [6.07, 6.45) is -1.25. The molecule has 0 heterocycles. The van der Waals surface area contributed by atoms with E-state index in [4.69, 9.17) is 24.8 Å². The second kappa shape index (κ2) is 14.0. The van der Waals surface area contributed by atoms with E-state index < -0.39 is 24.1 Å². The fourth-order valence-electron chi connectivity index (χ4n) is 2.23. The van der Waals surface area contributed by atoms with E-state index in [9.17, 15) is 14.7 Å². The van der Waals surface area contributed by atoms with Crippen LogP contribution in [0.15, 0.2) is 48.5 Å². The topological polar surface area (TPSA) is 136 Å². The molecule has 0 aliphatic heterocycles. The molecule has 0 radical (unpaired) electrons. The number of aromatic hydroxyl groups is 2. The molecule has 0 fully saturated rings. The van der Waals surface area contributed by atoms with E-state index >= 15 is 0 Å². The Morgan fingerprint density at radius 2 is 1.17 bits per heavy atom. The minimum Gasteiger partial charge on any atom is -0.547 e. The summed E-state index contributed by atoms with van der Waals surface area (Å²) in [5, 5.41) is 37.2. The molecule has 2 aromatic rings. The Bertz CT molecular complexity index is 681. The van der Waals surface area contributed by atoms with E-state index in [1.54, 1.807) is 24.3 Å². The van der Waals surface area contributed by atoms with Crippen LogP contribution in [0.4, 0.5) is 0 Å². The van der Waals surface area contributed by atoms with E-state index in [2.05, 4.69) is 0 Å². The number of carboxylic acid groups (broad SMARTS) is 2. The van der Waals surface area contributed by atoms with Crippen LogP contribution in [0.25, 0.3) is 0 Å². The molecule has 2 rings (SSSR count). The van der Waals surface area contributed by atoms with Crippen molar-refractivity contribution in [1.82, 2.24) is 0 Å². The number of ether oxygens (including phenoxy) is 2. The fourth-order valence-corrected chi connectivity index (χ4v) is 2.23. The number of carbonyl (C=O) groups is 2. The number of methoxy groups -OCH3 is 2. The predicted molar refractivity (Wildman–Crippen MR) is 97.9 cm³/mol. The Morgan fingerprint density at radius 3 is 1.45 bits per heavy atom. The number of hydrogen-bond acceptors (Lipinski definition) is 7. The molecule has 0 aliphatic carbocycles. The maximum absolute atomic E-state index is 10.6. The average Bonchev–Trinajstić information content (AvgIpc) is 2.67. The zero-order valence-corrected chi connectivity index (χ0v) is 18.6. The summed E-state index contributed by atoms with van der Waals surface area (Å²) in [5.74, 6) is -1.91. The van der Waals surface area contributed by atoms with E-state index in [1.165, 1.54) is 38.5 Å². The van der Waals surface area contributed by atoms with Crippen LogP contribution >= 0.6 is 0 Å². The van der Waals surface area contributed by atoms with E-state index in [-0.39, 0.29) is 47.5 Å².